The lowest BCUT2D eigenvalue weighted by molar-refractivity contribution is 0.0950. The van der Waals surface area contributed by atoms with Crippen molar-refractivity contribution in [3.63, 3.8) is 0 Å². The van der Waals surface area contributed by atoms with Gasteiger partial charge in [0.15, 0.2) is 0 Å². The third-order valence-corrected chi connectivity index (χ3v) is 5.81. The van der Waals surface area contributed by atoms with Gasteiger partial charge in [-0.2, -0.15) is 5.10 Å². The molecule has 0 aliphatic heterocycles. The monoisotopic (exact) mass is 479 g/mol. The maximum Gasteiger partial charge on any atom is 0.275 e. The topological polar surface area (TPSA) is 55.6 Å². The molecule has 4 aromatic rings. The number of ether oxygens (including phenoxy) is 1. The normalized spacial score (nSPS) is 11.4. The molecule has 0 unspecified atom stereocenters. The fraction of sp³-hybridized carbons (Fsp3) is 0.154. The number of halogens is 2. The van der Waals surface area contributed by atoms with E-state index in [1.54, 1.807) is 48.7 Å². The molecule has 5 nitrogen and oxygen atoms in total. The van der Waals surface area contributed by atoms with E-state index in [2.05, 4.69) is 35.0 Å². The Bertz CT molecular complexity index is 1330. The number of carbonyl (C=O) groups excluding carboxylic acids is 1. The molecule has 0 saturated carbocycles. The third kappa shape index (κ3) is 5.21. The molecule has 0 bridgehead atoms. The molecule has 0 fully saturated rings. The smallest absolute Gasteiger partial charge is 0.275 e. The van der Waals surface area contributed by atoms with E-state index in [1.807, 2.05) is 24.4 Å². The second kappa shape index (κ2) is 10.1. The quantitative estimate of drug-likeness (QED) is 0.232. The second-order valence-corrected chi connectivity index (χ2v) is 8.67. The molecule has 168 valence electrons. The summed E-state index contributed by atoms with van der Waals surface area (Å²) in [5, 5.41) is 6.33. The van der Waals surface area contributed by atoms with Gasteiger partial charge in [0.05, 0.1) is 11.8 Å². The highest BCUT2D eigenvalue weighted by Gasteiger charge is 2.13. The average Bonchev–Trinajstić information content (AvgIpc) is 3.18. The SMILES string of the molecule is CC(C)n1cc(/C=N/NC(=O)c2ccccc2OCc2ccc(Cl)cc2Cl)c2ccccc21. The van der Waals surface area contributed by atoms with Gasteiger partial charge in [-0.1, -0.05) is 59.6 Å². The van der Waals surface area contributed by atoms with Gasteiger partial charge < -0.3 is 9.30 Å². The zero-order chi connectivity index (χ0) is 23.4. The molecule has 0 spiro atoms. The fourth-order valence-electron chi connectivity index (χ4n) is 3.56. The Labute approximate surface area is 202 Å². The molecule has 1 heterocycles. The number of fused-ring (bicyclic) bond motifs is 1. The molecule has 4 rings (SSSR count). The molecule has 0 atom stereocenters. The summed E-state index contributed by atoms with van der Waals surface area (Å²) in [5.74, 6) is 0.0734. The summed E-state index contributed by atoms with van der Waals surface area (Å²) in [6, 6.07) is 20.6. The van der Waals surface area contributed by atoms with E-state index in [0.717, 1.165) is 22.0 Å². The first-order chi connectivity index (χ1) is 15.9. The number of benzene rings is 3. The maximum absolute atomic E-state index is 12.8. The summed E-state index contributed by atoms with van der Waals surface area (Å²) in [6.45, 7) is 4.46. The van der Waals surface area contributed by atoms with Gasteiger partial charge in [0.25, 0.3) is 5.91 Å². The summed E-state index contributed by atoms with van der Waals surface area (Å²) >= 11 is 12.2. The van der Waals surface area contributed by atoms with Crippen molar-refractivity contribution in [1.29, 1.82) is 0 Å². The van der Waals surface area contributed by atoms with Gasteiger partial charge in [0.2, 0.25) is 0 Å². The number of hydrazone groups is 1. The molecular formula is C26H23Cl2N3O2. The molecule has 1 aromatic heterocycles. The van der Waals surface area contributed by atoms with Crippen LogP contribution in [0.4, 0.5) is 0 Å². The number of para-hydroxylation sites is 2. The summed E-state index contributed by atoms with van der Waals surface area (Å²) in [6.07, 6.45) is 3.70. The van der Waals surface area contributed by atoms with Crippen molar-refractivity contribution in [2.45, 2.75) is 26.5 Å². The summed E-state index contributed by atoms with van der Waals surface area (Å²) in [7, 11) is 0. The first kappa shape index (κ1) is 22.9. The van der Waals surface area contributed by atoms with Crippen LogP contribution in [0.2, 0.25) is 10.0 Å². The first-order valence-corrected chi connectivity index (χ1v) is 11.3. The number of rotatable bonds is 7. The van der Waals surface area contributed by atoms with Gasteiger partial charge in [0, 0.05) is 44.3 Å². The van der Waals surface area contributed by atoms with Crippen molar-refractivity contribution in [3.8, 4) is 5.75 Å². The van der Waals surface area contributed by atoms with Crippen LogP contribution < -0.4 is 10.2 Å². The van der Waals surface area contributed by atoms with Crippen LogP contribution in [0.15, 0.2) is 78.0 Å². The minimum atomic E-state index is -0.364. The van der Waals surface area contributed by atoms with Crippen molar-refractivity contribution < 1.29 is 9.53 Å². The largest absolute Gasteiger partial charge is 0.488 e. The Morgan fingerprint density at radius 2 is 1.85 bits per heavy atom. The Hall–Kier alpha value is -3.28. The highest BCUT2D eigenvalue weighted by Crippen LogP contribution is 2.25. The van der Waals surface area contributed by atoms with Crippen molar-refractivity contribution in [2.24, 2.45) is 5.10 Å². The number of carbonyl (C=O) groups is 1. The molecule has 0 radical (unpaired) electrons. The average molecular weight is 480 g/mol. The van der Waals surface area contributed by atoms with E-state index < -0.39 is 0 Å². The van der Waals surface area contributed by atoms with E-state index in [0.29, 0.717) is 27.4 Å². The number of hydrogen-bond acceptors (Lipinski definition) is 3. The standard InChI is InChI=1S/C26H23Cl2N3O2/c1-17(2)31-15-19(21-7-3-5-9-24(21)31)14-29-30-26(32)22-8-4-6-10-25(22)33-16-18-11-12-20(27)13-23(18)28/h3-15,17H,16H2,1-2H3,(H,30,32)/b29-14+. The molecule has 1 N–H and O–H groups in total. The Kier molecular flexibility index (Phi) is 7.02. The van der Waals surface area contributed by atoms with Gasteiger partial charge in [-0.3, -0.25) is 4.79 Å². The van der Waals surface area contributed by atoms with Gasteiger partial charge in [0.1, 0.15) is 12.4 Å². The van der Waals surface area contributed by atoms with Crippen molar-refractivity contribution in [3.05, 3.63) is 99.7 Å². The number of amides is 1. The van der Waals surface area contributed by atoms with Crippen molar-refractivity contribution >= 4 is 46.2 Å². The van der Waals surface area contributed by atoms with E-state index in [1.165, 1.54) is 0 Å². The molecule has 0 saturated heterocycles. The zero-order valence-electron chi connectivity index (χ0n) is 18.3. The Morgan fingerprint density at radius 3 is 2.64 bits per heavy atom. The summed E-state index contributed by atoms with van der Waals surface area (Å²) in [4.78, 5) is 12.8. The fourth-order valence-corrected chi connectivity index (χ4v) is 4.02. The second-order valence-electron chi connectivity index (χ2n) is 7.82. The lowest BCUT2D eigenvalue weighted by Gasteiger charge is -2.11. The highest BCUT2D eigenvalue weighted by atomic mass is 35.5. The summed E-state index contributed by atoms with van der Waals surface area (Å²) in [5.41, 5.74) is 5.82. The molecule has 7 heteroatoms. The third-order valence-electron chi connectivity index (χ3n) is 5.23. The van der Waals surface area contributed by atoms with E-state index in [9.17, 15) is 4.79 Å². The van der Waals surface area contributed by atoms with Gasteiger partial charge in [-0.25, -0.2) is 5.43 Å². The predicted molar refractivity (Wildman–Crippen MR) is 135 cm³/mol. The zero-order valence-corrected chi connectivity index (χ0v) is 19.8. The number of hydrogen-bond donors (Lipinski definition) is 1. The van der Waals surface area contributed by atoms with Crippen LogP contribution in [-0.2, 0) is 6.61 Å². The lowest BCUT2D eigenvalue weighted by atomic mass is 10.2. The Balaban J connectivity index is 1.48. The number of nitrogens with one attached hydrogen (secondary N) is 1. The summed E-state index contributed by atoms with van der Waals surface area (Å²) < 4.78 is 8.06. The predicted octanol–water partition coefficient (Wildman–Crippen LogP) is 6.87. The van der Waals surface area contributed by atoms with Crippen LogP contribution in [0.1, 0.15) is 41.4 Å². The lowest BCUT2D eigenvalue weighted by Crippen LogP contribution is -2.18. The van der Waals surface area contributed by atoms with E-state index in [4.69, 9.17) is 27.9 Å². The van der Waals surface area contributed by atoms with Crippen LogP contribution in [0.25, 0.3) is 10.9 Å². The molecule has 1 amide bonds. The van der Waals surface area contributed by atoms with E-state index >= 15 is 0 Å². The Morgan fingerprint density at radius 1 is 1.09 bits per heavy atom. The van der Waals surface area contributed by atoms with Crippen LogP contribution in [0, 0.1) is 0 Å². The molecule has 0 aliphatic carbocycles. The van der Waals surface area contributed by atoms with Crippen molar-refractivity contribution in [2.75, 3.05) is 0 Å². The van der Waals surface area contributed by atoms with Crippen LogP contribution in [-0.4, -0.2) is 16.7 Å². The van der Waals surface area contributed by atoms with Gasteiger partial charge in [-0.05, 0) is 44.2 Å². The highest BCUT2D eigenvalue weighted by molar-refractivity contribution is 6.35. The van der Waals surface area contributed by atoms with E-state index in [-0.39, 0.29) is 12.5 Å². The van der Waals surface area contributed by atoms with Crippen LogP contribution in [0.3, 0.4) is 0 Å². The maximum atomic E-state index is 12.8. The number of nitrogens with zero attached hydrogens (tertiary/aromatic N) is 2. The van der Waals surface area contributed by atoms with Crippen LogP contribution >= 0.6 is 23.2 Å². The van der Waals surface area contributed by atoms with Gasteiger partial charge >= 0.3 is 0 Å². The molecular weight excluding hydrogens is 457 g/mol. The van der Waals surface area contributed by atoms with Gasteiger partial charge in [-0.15, -0.1) is 0 Å². The van der Waals surface area contributed by atoms with Crippen LogP contribution in [0.5, 0.6) is 5.75 Å². The molecule has 0 aliphatic rings. The molecule has 3 aromatic carbocycles. The minimum absolute atomic E-state index is 0.207. The van der Waals surface area contributed by atoms with Crippen molar-refractivity contribution in [1.82, 2.24) is 9.99 Å². The molecule has 33 heavy (non-hydrogen) atoms. The minimum Gasteiger partial charge on any atom is -0.488 e. The first-order valence-electron chi connectivity index (χ1n) is 10.5. The number of aromatic nitrogens is 1.